The molecule has 2 atom stereocenters. The Morgan fingerprint density at radius 2 is 2.29 bits per heavy atom. The van der Waals surface area contributed by atoms with Gasteiger partial charge in [0, 0.05) is 19.7 Å². The maximum atomic E-state index is 11.8. The molecule has 1 heterocycles. The molecule has 0 aromatic rings. The fraction of sp³-hybridized carbons (Fsp3) is 0.818. The van der Waals surface area contributed by atoms with E-state index in [1.807, 2.05) is 6.92 Å². The second-order valence-electron chi connectivity index (χ2n) is 4.18. The molecule has 0 saturated carbocycles. The fourth-order valence-electron chi connectivity index (χ4n) is 1.83. The molecule has 6 heteroatoms. The lowest BCUT2D eigenvalue weighted by atomic mass is 10.1. The number of nitrogens with one attached hydrogen (secondary N) is 1. The SMILES string of the molecule is CCOC1CCCN(C(=O)N[C@@H](C)C(=O)O)C1. The van der Waals surface area contributed by atoms with Crippen molar-refractivity contribution in [2.24, 2.45) is 0 Å². The summed E-state index contributed by atoms with van der Waals surface area (Å²) in [5.74, 6) is -1.03. The van der Waals surface area contributed by atoms with E-state index in [9.17, 15) is 9.59 Å². The molecular formula is C11H20N2O4. The summed E-state index contributed by atoms with van der Waals surface area (Å²) < 4.78 is 5.48. The molecule has 98 valence electrons. The van der Waals surface area contributed by atoms with E-state index >= 15 is 0 Å². The highest BCUT2D eigenvalue weighted by Crippen LogP contribution is 2.13. The monoisotopic (exact) mass is 244 g/mol. The molecule has 1 fully saturated rings. The number of carbonyl (C=O) groups is 2. The first-order valence-electron chi connectivity index (χ1n) is 5.94. The maximum absolute atomic E-state index is 11.8. The average molecular weight is 244 g/mol. The molecule has 2 amide bonds. The number of rotatable bonds is 4. The van der Waals surface area contributed by atoms with E-state index in [1.54, 1.807) is 4.90 Å². The number of carboxylic acid groups (broad SMARTS) is 1. The van der Waals surface area contributed by atoms with Crippen molar-refractivity contribution < 1.29 is 19.4 Å². The van der Waals surface area contributed by atoms with Crippen molar-refractivity contribution in [2.75, 3.05) is 19.7 Å². The molecule has 0 bridgehead atoms. The second kappa shape index (κ2) is 6.44. The lowest BCUT2D eigenvalue weighted by Crippen LogP contribution is -2.51. The van der Waals surface area contributed by atoms with Gasteiger partial charge in [0.1, 0.15) is 6.04 Å². The summed E-state index contributed by atoms with van der Waals surface area (Å²) in [6, 6.07) is -1.20. The zero-order valence-corrected chi connectivity index (χ0v) is 10.3. The normalized spacial score (nSPS) is 22.0. The smallest absolute Gasteiger partial charge is 0.325 e. The van der Waals surface area contributed by atoms with Gasteiger partial charge in [-0.05, 0) is 26.7 Å². The van der Waals surface area contributed by atoms with E-state index in [0.29, 0.717) is 19.7 Å². The Morgan fingerprint density at radius 3 is 2.88 bits per heavy atom. The third-order valence-electron chi connectivity index (χ3n) is 2.78. The number of carbonyl (C=O) groups excluding carboxylic acids is 1. The van der Waals surface area contributed by atoms with Gasteiger partial charge in [0.25, 0.3) is 0 Å². The van der Waals surface area contributed by atoms with Crippen LogP contribution in [0.25, 0.3) is 0 Å². The van der Waals surface area contributed by atoms with E-state index < -0.39 is 12.0 Å². The number of likely N-dealkylation sites (tertiary alicyclic amines) is 1. The van der Waals surface area contributed by atoms with Gasteiger partial charge in [0.2, 0.25) is 0 Å². The average Bonchev–Trinajstić information content (AvgIpc) is 2.29. The quantitative estimate of drug-likeness (QED) is 0.762. The van der Waals surface area contributed by atoms with Crippen molar-refractivity contribution in [3.8, 4) is 0 Å². The van der Waals surface area contributed by atoms with Crippen molar-refractivity contribution in [1.82, 2.24) is 10.2 Å². The van der Waals surface area contributed by atoms with Crippen LogP contribution in [0.2, 0.25) is 0 Å². The Bertz CT molecular complexity index is 281. The predicted octanol–water partition coefficient (Wildman–Crippen LogP) is 0.670. The summed E-state index contributed by atoms with van der Waals surface area (Å²) in [6.07, 6.45) is 1.91. The van der Waals surface area contributed by atoms with Gasteiger partial charge < -0.3 is 20.1 Å². The molecule has 6 nitrogen and oxygen atoms in total. The minimum absolute atomic E-state index is 0.0691. The van der Waals surface area contributed by atoms with Crippen LogP contribution in [0.4, 0.5) is 4.79 Å². The highest BCUT2D eigenvalue weighted by Gasteiger charge is 2.25. The van der Waals surface area contributed by atoms with Gasteiger partial charge in [-0.1, -0.05) is 0 Å². The Kier molecular flexibility index (Phi) is 5.21. The molecular weight excluding hydrogens is 224 g/mol. The van der Waals surface area contributed by atoms with Crippen LogP contribution in [0.3, 0.4) is 0 Å². The molecule has 17 heavy (non-hydrogen) atoms. The molecule has 0 aliphatic carbocycles. The van der Waals surface area contributed by atoms with Gasteiger partial charge in [0.15, 0.2) is 0 Å². The van der Waals surface area contributed by atoms with E-state index in [0.717, 1.165) is 12.8 Å². The van der Waals surface area contributed by atoms with Crippen LogP contribution >= 0.6 is 0 Å². The summed E-state index contributed by atoms with van der Waals surface area (Å²) in [4.78, 5) is 24.0. The van der Waals surface area contributed by atoms with Crippen molar-refractivity contribution in [2.45, 2.75) is 38.8 Å². The third-order valence-corrected chi connectivity index (χ3v) is 2.78. The molecule has 2 N–H and O–H groups in total. The Labute approximate surface area is 101 Å². The summed E-state index contributed by atoms with van der Waals surface area (Å²) >= 11 is 0. The summed E-state index contributed by atoms with van der Waals surface area (Å²) in [5.41, 5.74) is 0. The largest absolute Gasteiger partial charge is 0.480 e. The topological polar surface area (TPSA) is 78.9 Å². The Hall–Kier alpha value is -1.30. The number of piperidine rings is 1. The number of carboxylic acids is 1. The van der Waals surface area contributed by atoms with E-state index in [1.165, 1.54) is 6.92 Å². The zero-order valence-electron chi connectivity index (χ0n) is 10.3. The van der Waals surface area contributed by atoms with E-state index in [-0.39, 0.29) is 12.1 Å². The molecule has 1 rings (SSSR count). The molecule has 0 aromatic heterocycles. The van der Waals surface area contributed by atoms with Gasteiger partial charge >= 0.3 is 12.0 Å². The second-order valence-corrected chi connectivity index (χ2v) is 4.18. The van der Waals surface area contributed by atoms with Crippen molar-refractivity contribution in [1.29, 1.82) is 0 Å². The van der Waals surface area contributed by atoms with E-state index in [4.69, 9.17) is 9.84 Å². The molecule has 0 spiro atoms. The fourth-order valence-corrected chi connectivity index (χ4v) is 1.83. The highest BCUT2D eigenvalue weighted by atomic mass is 16.5. The minimum Gasteiger partial charge on any atom is -0.480 e. The minimum atomic E-state index is -1.03. The first kappa shape index (κ1) is 13.8. The predicted molar refractivity (Wildman–Crippen MR) is 61.9 cm³/mol. The molecule has 0 aromatic carbocycles. The maximum Gasteiger partial charge on any atom is 0.325 e. The van der Waals surface area contributed by atoms with Crippen LogP contribution in [0.1, 0.15) is 26.7 Å². The summed E-state index contributed by atoms with van der Waals surface area (Å²) in [7, 11) is 0. The van der Waals surface area contributed by atoms with Crippen LogP contribution in [-0.4, -0.2) is 53.8 Å². The standard InChI is InChI=1S/C11H20N2O4/c1-3-17-9-5-4-6-13(7-9)11(16)12-8(2)10(14)15/h8-9H,3-7H2,1-2H3,(H,12,16)(H,14,15)/t8-,9?/m0/s1. The summed E-state index contributed by atoms with van der Waals surface area (Å²) in [6.45, 7) is 5.19. The zero-order chi connectivity index (χ0) is 12.8. The van der Waals surface area contributed by atoms with Gasteiger partial charge in [-0.3, -0.25) is 4.79 Å². The Balaban J connectivity index is 2.43. The van der Waals surface area contributed by atoms with Gasteiger partial charge in [-0.25, -0.2) is 4.79 Å². The summed E-state index contributed by atoms with van der Waals surface area (Å²) in [5, 5.41) is 11.2. The van der Waals surface area contributed by atoms with Gasteiger partial charge in [-0.2, -0.15) is 0 Å². The molecule has 1 saturated heterocycles. The van der Waals surface area contributed by atoms with Crippen LogP contribution in [0, 0.1) is 0 Å². The Morgan fingerprint density at radius 1 is 1.59 bits per heavy atom. The first-order valence-corrected chi connectivity index (χ1v) is 5.94. The van der Waals surface area contributed by atoms with E-state index in [2.05, 4.69) is 5.32 Å². The number of urea groups is 1. The molecule has 0 radical (unpaired) electrons. The van der Waals surface area contributed by atoms with Crippen LogP contribution in [-0.2, 0) is 9.53 Å². The highest BCUT2D eigenvalue weighted by molar-refractivity contribution is 5.82. The number of hydrogen-bond donors (Lipinski definition) is 2. The van der Waals surface area contributed by atoms with Crippen molar-refractivity contribution >= 4 is 12.0 Å². The number of ether oxygens (including phenoxy) is 1. The van der Waals surface area contributed by atoms with Gasteiger partial charge in [0.05, 0.1) is 6.10 Å². The molecule has 1 aliphatic rings. The number of amides is 2. The van der Waals surface area contributed by atoms with Crippen molar-refractivity contribution in [3.05, 3.63) is 0 Å². The van der Waals surface area contributed by atoms with Crippen LogP contribution in [0.5, 0.6) is 0 Å². The van der Waals surface area contributed by atoms with Crippen LogP contribution in [0.15, 0.2) is 0 Å². The number of hydrogen-bond acceptors (Lipinski definition) is 3. The molecule has 1 aliphatic heterocycles. The molecule has 1 unspecified atom stereocenters. The lowest BCUT2D eigenvalue weighted by Gasteiger charge is -2.32. The number of aliphatic carboxylic acids is 1. The third kappa shape index (κ3) is 4.22. The number of nitrogens with zero attached hydrogens (tertiary/aromatic N) is 1. The van der Waals surface area contributed by atoms with Crippen LogP contribution < -0.4 is 5.32 Å². The lowest BCUT2D eigenvalue weighted by molar-refractivity contribution is -0.138. The first-order chi connectivity index (χ1) is 8.04. The van der Waals surface area contributed by atoms with Crippen molar-refractivity contribution in [3.63, 3.8) is 0 Å². The van der Waals surface area contributed by atoms with Gasteiger partial charge in [-0.15, -0.1) is 0 Å².